The maximum atomic E-state index is 10.6. The van der Waals surface area contributed by atoms with E-state index >= 15 is 0 Å². The summed E-state index contributed by atoms with van der Waals surface area (Å²) in [5, 5.41) is 10.6. The normalized spacial score (nSPS) is 13.8. The standard InChI is InChI=1S/C17H21NO2/c1-13-8-14(2)10-16(9-13)20-12-17(19,11-18)15-6-4-3-5-7-15/h3-10,19H,11-12,18H2,1-2H3. The van der Waals surface area contributed by atoms with Gasteiger partial charge in [0.1, 0.15) is 18.0 Å². The summed E-state index contributed by atoms with van der Waals surface area (Å²) in [7, 11) is 0. The highest BCUT2D eigenvalue weighted by Crippen LogP contribution is 2.23. The van der Waals surface area contributed by atoms with E-state index in [9.17, 15) is 5.11 Å². The van der Waals surface area contributed by atoms with Gasteiger partial charge < -0.3 is 15.6 Å². The molecule has 0 amide bonds. The van der Waals surface area contributed by atoms with Gasteiger partial charge in [0.05, 0.1) is 0 Å². The zero-order valence-electron chi connectivity index (χ0n) is 12.0. The fourth-order valence-electron chi connectivity index (χ4n) is 2.23. The van der Waals surface area contributed by atoms with Gasteiger partial charge in [0.25, 0.3) is 0 Å². The van der Waals surface area contributed by atoms with E-state index in [1.807, 2.05) is 56.3 Å². The smallest absolute Gasteiger partial charge is 0.136 e. The van der Waals surface area contributed by atoms with Crippen molar-refractivity contribution in [1.82, 2.24) is 0 Å². The van der Waals surface area contributed by atoms with E-state index < -0.39 is 5.60 Å². The third kappa shape index (κ3) is 3.38. The molecule has 1 atom stereocenters. The van der Waals surface area contributed by atoms with Gasteiger partial charge in [0.15, 0.2) is 0 Å². The first kappa shape index (κ1) is 14.6. The van der Waals surface area contributed by atoms with Crippen LogP contribution in [0.2, 0.25) is 0 Å². The Labute approximate surface area is 120 Å². The molecule has 0 heterocycles. The lowest BCUT2D eigenvalue weighted by Gasteiger charge is -2.27. The third-order valence-corrected chi connectivity index (χ3v) is 3.32. The molecule has 0 aliphatic rings. The van der Waals surface area contributed by atoms with Crippen molar-refractivity contribution in [1.29, 1.82) is 0 Å². The van der Waals surface area contributed by atoms with Crippen LogP contribution < -0.4 is 10.5 Å². The molecule has 3 nitrogen and oxygen atoms in total. The Bertz CT molecular complexity index is 548. The first-order valence-corrected chi connectivity index (χ1v) is 6.72. The minimum Gasteiger partial charge on any atom is -0.490 e. The van der Waals surface area contributed by atoms with E-state index in [1.165, 1.54) is 0 Å². The molecule has 3 N–H and O–H groups in total. The molecule has 106 valence electrons. The maximum Gasteiger partial charge on any atom is 0.136 e. The van der Waals surface area contributed by atoms with Crippen molar-refractivity contribution in [2.45, 2.75) is 19.4 Å². The molecule has 2 aromatic carbocycles. The average molecular weight is 271 g/mol. The fourth-order valence-corrected chi connectivity index (χ4v) is 2.23. The van der Waals surface area contributed by atoms with Crippen LogP contribution in [-0.2, 0) is 5.60 Å². The van der Waals surface area contributed by atoms with Crippen molar-refractivity contribution in [2.75, 3.05) is 13.2 Å². The quantitative estimate of drug-likeness (QED) is 0.878. The third-order valence-electron chi connectivity index (χ3n) is 3.32. The van der Waals surface area contributed by atoms with E-state index in [0.29, 0.717) is 0 Å². The highest BCUT2D eigenvalue weighted by Gasteiger charge is 2.28. The number of aliphatic hydroxyl groups is 1. The summed E-state index contributed by atoms with van der Waals surface area (Å²) < 4.78 is 5.75. The molecule has 0 aliphatic heterocycles. The van der Waals surface area contributed by atoms with Crippen LogP contribution in [0.15, 0.2) is 48.5 Å². The summed E-state index contributed by atoms with van der Waals surface area (Å²) in [5.74, 6) is 0.755. The Morgan fingerprint density at radius 2 is 1.65 bits per heavy atom. The van der Waals surface area contributed by atoms with Crippen molar-refractivity contribution in [3.63, 3.8) is 0 Å². The first-order chi connectivity index (χ1) is 9.53. The Hall–Kier alpha value is -1.84. The van der Waals surface area contributed by atoms with Crippen LogP contribution in [0, 0.1) is 13.8 Å². The summed E-state index contributed by atoms with van der Waals surface area (Å²) in [6, 6.07) is 15.4. The minimum absolute atomic E-state index is 0.113. The predicted molar refractivity (Wildman–Crippen MR) is 80.8 cm³/mol. The molecule has 0 saturated carbocycles. The van der Waals surface area contributed by atoms with Crippen LogP contribution >= 0.6 is 0 Å². The van der Waals surface area contributed by atoms with Gasteiger partial charge >= 0.3 is 0 Å². The van der Waals surface area contributed by atoms with Crippen LogP contribution in [0.25, 0.3) is 0 Å². The monoisotopic (exact) mass is 271 g/mol. The Kier molecular flexibility index (Phi) is 4.42. The molecule has 20 heavy (non-hydrogen) atoms. The SMILES string of the molecule is Cc1cc(C)cc(OCC(O)(CN)c2ccccc2)c1. The summed E-state index contributed by atoms with van der Waals surface area (Å²) in [5.41, 5.74) is 7.61. The van der Waals surface area contributed by atoms with E-state index in [4.69, 9.17) is 10.5 Å². The molecular weight excluding hydrogens is 250 g/mol. The van der Waals surface area contributed by atoms with Gasteiger partial charge in [-0.2, -0.15) is 0 Å². The molecule has 3 heteroatoms. The van der Waals surface area contributed by atoms with Crippen molar-refractivity contribution in [3.05, 3.63) is 65.2 Å². The molecule has 0 bridgehead atoms. The number of hydrogen-bond donors (Lipinski definition) is 2. The zero-order chi connectivity index (χ0) is 14.6. The number of hydrogen-bond acceptors (Lipinski definition) is 3. The van der Waals surface area contributed by atoms with Crippen molar-refractivity contribution in [3.8, 4) is 5.75 Å². The molecule has 0 spiro atoms. The minimum atomic E-state index is -1.17. The van der Waals surface area contributed by atoms with Crippen molar-refractivity contribution < 1.29 is 9.84 Å². The molecule has 0 radical (unpaired) electrons. The molecule has 2 aromatic rings. The van der Waals surface area contributed by atoms with Crippen LogP contribution in [0.1, 0.15) is 16.7 Å². The second kappa shape index (κ2) is 6.07. The fraction of sp³-hybridized carbons (Fsp3) is 0.294. The summed E-state index contributed by atoms with van der Waals surface area (Å²) in [6.07, 6.45) is 0. The first-order valence-electron chi connectivity index (χ1n) is 6.72. The van der Waals surface area contributed by atoms with E-state index in [0.717, 1.165) is 22.4 Å². The molecule has 0 aliphatic carbocycles. The van der Waals surface area contributed by atoms with Gasteiger partial charge in [-0.25, -0.2) is 0 Å². The van der Waals surface area contributed by atoms with Gasteiger partial charge in [-0.15, -0.1) is 0 Å². The highest BCUT2D eigenvalue weighted by molar-refractivity contribution is 5.33. The number of aryl methyl sites for hydroxylation is 2. The second-order valence-electron chi connectivity index (χ2n) is 5.21. The maximum absolute atomic E-state index is 10.6. The lowest BCUT2D eigenvalue weighted by molar-refractivity contribution is -0.00148. The number of ether oxygens (including phenoxy) is 1. The Morgan fingerprint density at radius 1 is 1.05 bits per heavy atom. The Morgan fingerprint density at radius 3 is 2.20 bits per heavy atom. The number of nitrogens with two attached hydrogens (primary N) is 1. The highest BCUT2D eigenvalue weighted by atomic mass is 16.5. The molecule has 2 rings (SSSR count). The topological polar surface area (TPSA) is 55.5 Å². The summed E-state index contributed by atoms with van der Waals surface area (Å²) in [6.45, 7) is 4.29. The Balaban J connectivity index is 2.15. The second-order valence-corrected chi connectivity index (χ2v) is 5.21. The molecular formula is C17H21NO2. The van der Waals surface area contributed by atoms with Gasteiger partial charge in [0.2, 0.25) is 0 Å². The lowest BCUT2D eigenvalue weighted by atomic mass is 9.95. The molecule has 0 fully saturated rings. The van der Waals surface area contributed by atoms with E-state index in [1.54, 1.807) is 0 Å². The summed E-state index contributed by atoms with van der Waals surface area (Å²) >= 11 is 0. The number of benzene rings is 2. The van der Waals surface area contributed by atoms with Gasteiger partial charge in [-0.05, 0) is 42.7 Å². The van der Waals surface area contributed by atoms with Crippen LogP contribution in [0.3, 0.4) is 0 Å². The zero-order valence-corrected chi connectivity index (χ0v) is 12.0. The average Bonchev–Trinajstić information content (AvgIpc) is 2.45. The van der Waals surface area contributed by atoms with Crippen molar-refractivity contribution >= 4 is 0 Å². The van der Waals surface area contributed by atoms with Crippen LogP contribution in [0.5, 0.6) is 5.75 Å². The summed E-state index contributed by atoms with van der Waals surface area (Å²) in [4.78, 5) is 0. The molecule has 1 unspecified atom stereocenters. The van der Waals surface area contributed by atoms with Gasteiger partial charge in [-0.1, -0.05) is 36.4 Å². The van der Waals surface area contributed by atoms with Gasteiger partial charge in [-0.3, -0.25) is 0 Å². The lowest BCUT2D eigenvalue weighted by Crippen LogP contribution is -2.40. The van der Waals surface area contributed by atoms with E-state index in [-0.39, 0.29) is 13.2 Å². The van der Waals surface area contributed by atoms with Crippen LogP contribution in [0.4, 0.5) is 0 Å². The van der Waals surface area contributed by atoms with Gasteiger partial charge in [0, 0.05) is 6.54 Å². The molecule has 0 aromatic heterocycles. The predicted octanol–water partition coefficient (Wildman–Crippen LogP) is 2.53. The van der Waals surface area contributed by atoms with E-state index in [2.05, 4.69) is 6.07 Å². The molecule has 0 saturated heterocycles. The van der Waals surface area contributed by atoms with Crippen LogP contribution in [-0.4, -0.2) is 18.3 Å². The number of rotatable bonds is 5. The van der Waals surface area contributed by atoms with Crippen molar-refractivity contribution in [2.24, 2.45) is 5.73 Å². The largest absolute Gasteiger partial charge is 0.490 e.